The molecule has 6 heteroatoms. The molecule has 2 aliphatic rings. The second kappa shape index (κ2) is 10.5. The molecule has 0 aromatic heterocycles. The van der Waals surface area contributed by atoms with Gasteiger partial charge in [0, 0.05) is 31.3 Å². The van der Waals surface area contributed by atoms with Gasteiger partial charge in [-0.25, -0.2) is 0 Å². The maximum atomic E-state index is 12.6. The minimum absolute atomic E-state index is 0.121. The number of amides is 2. The minimum Gasteiger partial charge on any atom is -0.493 e. The van der Waals surface area contributed by atoms with Gasteiger partial charge in [0.15, 0.2) is 11.5 Å². The summed E-state index contributed by atoms with van der Waals surface area (Å²) in [7, 11) is 3.12. The van der Waals surface area contributed by atoms with E-state index in [2.05, 4.69) is 12.2 Å². The van der Waals surface area contributed by atoms with E-state index in [1.165, 1.54) is 31.3 Å². The molecule has 0 atom stereocenters. The molecule has 6 nitrogen and oxygen atoms in total. The first kappa shape index (κ1) is 22.2. The Kier molecular flexibility index (Phi) is 7.77. The monoisotopic (exact) mass is 414 g/mol. The van der Waals surface area contributed by atoms with Crippen LogP contribution in [0.4, 0.5) is 0 Å². The van der Waals surface area contributed by atoms with Gasteiger partial charge in [-0.1, -0.05) is 18.4 Å². The third-order valence-corrected chi connectivity index (χ3v) is 6.47. The number of allylic oxidation sites excluding steroid dienone is 1. The summed E-state index contributed by atoms with van der Waals surface area (Å²) in [5.74, 6) is 2.15. The first-order valence-electron chi connectivity index (χ1n) is 11.0. The summed E-state index contributed by atoms with van der Waals surface area (Å²) in [6, 6.07) is 5.16. The van der Waals surface area contributed by atoms with E-state index in [0.717, 1.165) is 25.9 Å². The average molecular weight is 415 g/mol. The number of methoxy groups -OCH3 is 2. The Morgan fingerprint density at radius 2 is 1.73 bits per heavy atom. The summed E-state index contributed by atoms with van der Waals surface area (Å²) >= 11 is 0. The Morgan fingerprint density at radius 3 is 2.37 bits per heavy atom. The molecule has 1 saturated carbocycles. The van der Waals surface area contributed by atoms with Crippen molar-refractivity contribution in [2.75, 3.05) is 33.9 Å². The molecule has 1 heterocycles. The fraction of sp³-hybridized carbons (Fsp3) is 0.583. The lowest BCUT2D eigenvalue weighted by Crippen LogP contribution is -2.41. The number of carbonyl (C=O) groups is 2. The number of likely N-dealkylation sites (tertiary alicyclic amines) is 1. The summed E-state index contributed by atoms with van der Waals surface area (Å²) < 4.78 is 10.5. The second-order valence-electron chi connectivity index (χ2n) is 8.42. The van der Waals surface area contributed by atoms with Crippen molar-refractivity contribution < 1.29 is 19.1 Å². The molecule has 2 amide bonds. The first-order chi connectivity index (χ1) is 14.5. The van der Waals surface area contributed by atoms with Crippen molar-refractivity contribution in [2.45, 2.75) is 45.4 Å². The van der Waals surface area contributed by atoms with Crippen molar-refractivity contribution in [3.05, 3.63) is 35.4 Å². The van der Waals surface area contributed by atoms with Crippen LogP contribution in [0.5, 0.6) is 11.5 Å². The molecule has 3 rings (SSSR count). The highest BCUT2D eigenvalue weighted by molar-refractivity contribution is 5.94. The molecule has 1 saturated heterocycles. The lowest BCUT2D eigenvalue weighted by atomic mass is 9.95. The van der Waals surface area contributed by atoms with Crippen molar-refractivity contribution in [2.24, 2.45) is 11.8 Å². The van der Waals surface area contributed by atoms with Crippen molar-refractivity contribution in [1.82, 2.24) is 10.2 Å². The molecule has 1 aliphatic carbocycles. The highest BCUT2D eigenvalue weighted by Gasteiger charge is 2.24. The van der Waals surface area contributed by atoms with Gasteiger partial charge in [0.05, 0.1) is 14.2 Å². The van der Waals surface area contributed by atoms with Gasteiger partial charge in [0.2, 0.25) is 5.91 Å². The Labute approximate surface area is 179 Å². The molecule has 1 N–H and O–H groups in total. The number of piperidine rings is 1. The maximum absolute atomic E-state index is 12.6. The van der Waals surface area contributed by atoms with Crippen molar-refractivity contribution in [3.8, 4) is 11.5 Å². The largest absolute Gasteiger partial charge is 0.493 e. The van der Waals surface area contributed by atoms with E-state index in [1.54, 1.807) is 32.4 Å². The zero-order chi connectivity index (χ0) is 21.5. The van der Waals surface area contributed by atoms with Gasteiger partial charge in [-0.15, -0.1) is 0 Å². The number of nitrogens with one attached hydrogen (secondary N) is 1. The molecule has 0 spiro atoms. The molecular weight excluding hydrogens is 380 g/mol. The van der Waals surface area contributed by atoms with Crippen LogP contribution in [0.2, 0.25) is 0 Å². The molecule has 0 bridgehead atoms. The number of ether oxygens (including phenoxy) is 2. The van der Waals surface area contributed by atoms with Gasteiger partial charge in [0.1, 0.15) is 0 Å². The number of hydrogen-bond donors (Lipinski definition) is 1. The van der Waals surface area contributed by atoms with Crippen molar-refractivity contribution >= 4 is 11.8 Å². The standard InChI is InChI=1S/C24H34N2O4/c1-17(19-6-4-5-7-19)14-23(27)26-12-10-18(11-13-26)16-25-24(28)20-8-9-21(29-2)22(15-20)30-3/h8-9,14-15,18-19H,4-7,10-13,16H2,1-3H3,(H,25,28)/b17-14+. The summed E-state index contributed by atoms with van der Waals surface area (Å²) in [6.07, 6.45) is 8.68. The van der Waals surface area contributed by atoms with Gasteiger partial charge in [0.25, 0.3) is 5.91 Å². The quantitative estimate of drug-likeness (QED) is 0.689. The smallest absolute Gasteiger partial charge is 0.251 e. The van der Waals surface area contributed by atoms with Crippen LogP contribution in [0.25, 0.3) is 0 Å². The third-order valence-electron chi connectivity index (χ3n) is 6.47. The highest BCUT2D eigenvalue weighted by atomic mass is 16.5. The van der Waals surface area contributed by atoms with Crippen LogP contribution >= 0.6 is 0 Å². The molecule has 0 radical (unpaired) electrons. The number of hydrogen-bond acceptors (Lipinski definition) is 4. The highest BCUT2D eigenvalue weighted by Crippen LogP contribution is 2.31. The Morgan fingerprint density at radius 1 is 1.07 bits per heavy atom. The fourth-order valence-electron chi connectivity index (χ4n) is 4.46. The maximum Gasteiger partial charge on any atom is 0.251 e. The topological polar surface area (TPSA) is 67.9 Å². The van der Waals surface area contributed by atoms with E-state index in [4.69, 9.17) is 9.47 Å². The number of carbonyl (C=O) groups excluding carboxylic acids is 2. The summed E-state index contributed by atoms with van der Waals surface area (Å²) in [4.78, 5) is 27.0. The van der Waals surface area contributed by atoms with Gasteiger partial charge >= 0.3 is 0 Å². The third kappa shape index (κ3) is 5.55. The predicted octanol–water partition coefficient (Wildman–Crippen LogP) is 3.81. The van der Waals surface area contributed by atoms with Crippen LogP contribution < -0.4 is 14.8 Å². The van der Waals surface area contributed by atoms with Gasteiger partial charge in [-0.2, -0.15) is 0 Å². The minimum atomic E-state index is -0.121. The van der Waals surface area contributed by atoms with Crippen LogP contribution in [0.15, 0.2) is 29.8 Å². The summed E-state index contributed by atoms with van der Waals surface area (Å²) in [6.45, 7) is 4.23. The van der Waals surface area contributed by atoms with Gasteiger partial charge in [-0.05, 0) is 62.6 Å². The molecule has 1 aliphatic heterocycles. The Bertz CT molecular complexity index is 775. The molecule has 1 aromatic rings. The number of nitrogens with zero attached hydrogens (tertiary/aromatic N) is 1. The second-order valence-corrected chi connectivity index (χ2v) is 8.42. The van der Waals surface area contributed by atoms with Crippen molar-refractivity contribution in [3.63, 3.8) is 0 Å². The first-order valence-corrected chi connectivity index (χ1v) is 11.0. The summed E-state index contributed by atoms with van der Waals surface area (Å²) in [5.41, 5.74) is 1.79. The normalized spacial score (nSPS) is 18.4. The van der Waals surface area contributed by atoms with Gasteiger partial charge in [-0.3, -0.25) is 9.59 Å². The van der Waals surface area contributed by atoms with E-state index < -0.39 is 0 Å². The SMILES string of the molecule is COc1ccc(C(=O)NCC2CCN(C(=O)/C=C(\C)C3CCCC3)CC2)cc1OC. The van der Waals surface area contributed by atoms with E-state index in [-0.39, 0.29) is 11.8 Å². The molecule has 0 unspecified atom stereocenters. The molecule has 164 valence electrons. The molecule has 2 fully saturated rings. The van der Waals surface area contributed by atoms with E-state index >= 15 is 0 Å². The van der Waals surface area contributed by atoms with Crippen LogP contribution in [0.1, 0.15) is 55.8 Å². The fourth-order valence-corrected chi connectivity index (χ4v) is 4.46. The lowest BCUT2D eigenvalue weighted by molar-refractivity contribution is -0.127. The molecule has 1 aromatic carbocycles. The molecular formula is C24H34N2O4. The average Bonchev–Trinajstić information content (AvgIpc) is 3.32. The molecule has 30 heavy (non-hydrogen) atoms. The van der Waals surface area contributed by atoms with Crippen LogP contribution in [0, 0.1) is 11.8 Å². The Balaban J connectivity index is 1.45. The summed E-state index contributed by atoms with van der Waals surface area (Å²) in [5, 5.41) is 3.02. The lowest BCUT2D eigenvalue weighted by Gasteiger charge is -2.31. The zero-order valence-electron chi connectivity index (χ0n) is 18.4. The van der Waals surface area contributed by atoms with Gasteiger partial charge < -0.3 is 19.7 Å². The van der Waals surface area contributed by atoms with Crippen LogP contribution in [-0.4, -0.2) is 50.6 Å². The Hall–Kier alpha value is -2.50. The number of rotatable bonds is 7. The predicted molar refractivity (Wildman–Crippen MR) is 117 cm³/mol. The van der Waals surface area contributed by atoms with Crippen molar-refractivity contribution in [1.29, 1.82) is 0 Å². The van der Waals surface area contributed by atoms with E-state index in [1.807, 2.05) is 11.0 Å². The number of benzene rings is 1. The van der Waals surface area contributed by atoms with Crippen LogP contribution in [-0.2, 0) is 4.79 Å². The van der Waals surface area contributed by atoms with E-state index in [9.17, 15) is 9.59 Å². The zero-order valence-corrected chi connectivity index (χ0v) is 18.4. The van der Waals surface area contributed by atoms with Crippen LogP contribution in [0.3, 0.4) is 0 Å². The van der Waals surface area contributed by atoms with E-state index in [0.29, 0.717) is 35.4 Å².